The average Bonchev–Trinajstić information content (AvgIpc) is 2.82. The summed E-state index contributed by atoms with van der Waals surface area (Å²) in [6.07, 6.45) is 0. The Bertz CT molecular complexity index is 707. The molecule has 0 N–H and O–H groups in total. The average molecular weight is 252 g/mol. The quantitative estimate of drug-likeness (QED) is 0.600. The number of carbonyl (C=O) groups excluding carboxylic acids is 1. The minimum atomic E-state index is 0.108. The molecule has 0 spiro atoms. The normalized spacial score (nSPS) is 10.7. The Morgan fingerprint density at radius 3 is 2.44 bits per heavy atom. The summed E-state index contributed by atoms with van der Waals surface area (Å²) in [5, 5.41) is 3.45. The number of hydrogen-bond acceptors (Lipinski definition) is 2. The number of Topliss-reactive ketones (excluding diaryl/α,β-unsaturated/α-hetero) is 1. The van der Waals surface area contributed by atoms with Gasteiger partial charge >= 0.3 is 0 Å². The zero-order valence-corrected chi connectivity index (χ0v) is 10.8. The van der Waals surface area contributed by atoms with Crippen molar-refractivity contribution in [2.75, 3.05) is 0 Å². The van der Waals surface area contributed by atoms with Crippen LogP contribution in [0.3, 0.4) is 0 Å². The van der Waals surface area contributed by atoms with Crippen LogP contribution in [0.15, 0.2) is 53.9 Å². The Morgan fingerprint density at radius 1 is 1.00 bits per heavy atom. The zero-order chi connectivity index (χ0) is 12.5. The predicted molar refractivity (Wildman–Crippen MR) is 77.3 cm³/mol. The van der Waals surface area contributed by atoms with E-state index in [0.29, 0.717) is 0 Å². The molecule has 0 aliphatic heterocycles. The van der Waals surface area contributed by atoms with E-state index in [-0.39, 0.29) is 5.78 Å². The van der Waals surface area contributed by atoms with E-state index >= 15 is 0 Å². The molecule has 0 unspecified atom stereocenters. The molecule has 0 aliphatic rings. The molecule has 0 fully saturated rings. The molecule has 1 aromatic heterocycles. The van der Waals surface area contributed by atoms with Crippen molar-refractivity contribution in [1.82, 2.24) is 0 Å². The van der Waals surface area contributed by atoms with Crippen LogP contribution in [0.1, 0.15) is 17.3 Å². The Balaban J connectivity index is 2.12. The lowest BCUT2D eigenvalue weighted by Crippen LogP contribution is -1.90. The first-order valence-electron chi connectivity index (χ1n) is 5.83. The van der Waals surface area contributed by atoms with Gasteiger partial charge < -0.3 is 0 Å². The van der Waals surface area contributed by atoms with Crippen LogP contribution in [0, 0.1) is 0 Å². The monoisotopic (exact) mass is 252 g/mol. The molecule has 2 aromatic carbocycles. The lowest BCUT2D eigenvalue weighted by atomic mass is 10.0. The SMILES string of the molecule is CC(=O)c1ccc(-c2csc3ccccc23)cc1. The lowest BCUT2D eigenvalue weighted by Gasteiger charge is -2.01. The lowest BCUT2D eigenvalue weighted by molar-refractivity contribution is 0.101. The maximum atomic E-state index is 11.3. The molecule has 0 atom stereocenters. The summed E-state index contributed by atoms with van der Waals surface area (Å²) in [5.74, 6) is 0.108. The van der Waals surface area contributed by atoms with E-state index in [0.717, 1.165) is 11.1 Å². The highest BCUT2D eigenvalue weighted by atomic mass is 32.1. The van der Waals surface area contributed by atoms with Gasteiger partial charge in [-0.05, 0) is 23.9 Å². The Labute approximate surface area is 110 Å². The predicted octanol–water partition coefficient (Wildman–Crippen LogP) is 4.77. The molecule has 3 aromatic rings. The fraction of sp³-hybridized carbons (Fsp3) is 0.0625. The summed E-state index contributed by atoms with van der Waals surface area (Å²) >= 11 is 1.75. The van der Waals surface area contributed by atoms with Gasteiger partial charge in [-0.15, -0.1) is 11.3 Å². The molecule has 0 saturated carbocycles. The fourth-order valence-corrected chi connectivity index (χ4v) is 3.06. The molecule has 1 heterocycles. The third-order valence-electron chi connectivity index (χ3n) is 3.08. The Hall–Kier alpha value is -1.93. The largest absolute Gasteiger partial charge is 0.295 e. The first kappa shape index (κ1) is 11.2. The van der Waals surface area contributed by atoms with Gasteiger partial charge in [0, 0.05) is 21.2 Å². The summed E-state index contributed by atoms with van der Waals surface area (Å²) in [7, 11) is 0. The van der Waals surface area contributed by atoms with Crippen LogP contribution in [0.25, 0.3) is 21.2 Å². The molecule has 1 nitrogen and oxygen atoms in total. The van der Waals surface area contributed by atoms with Crippen molar-refractivity contribution in [3.63, 3.8) is 0 Å². The Morgan fingerprint density at radius 2 is 1.72 bits per heavy atom. The summed E-state index contributed by atoms with van der Waals surface area (Å²) in [5.41, 5.74) is 3.17. The summed E-state index contributed by atoms with van der Waals surface area (Å²) in [6, 6.07) is 16.2. The molecule has 0 radical (unpaired) electrons. The molecule has 0 amide bonds. The van der Waals surface area contributed by atoms with Crippen molar-refractivity contribution in [2.24, 2.45) is 0 Å². The molecule has 88 valence electrons. The topological polar surface area (TPSA) is 17.1 Å². The molecule has 0 aliphatic carbocycles. The van der Waals surface area contributed by atoms with E-state index in [9.17, 15) is 4.79 Å². The number of fused-ring (bicyclic) bond motifs is 1. The van der Waals surface area contributed by atoms with Crippen molar-refractivity contribution in [3.05, 3.63) is 59.5 Å². The van der Waals surface area contributed by atoms with Crippen LogP contribution in [0.4, 0.5) is 0 Å². The van der Waals surface area contributed by atoms with Gasteiger partial charge in [0.05, 0.1) is 0 Å². The van der Waals surface area contributed by atoms with Crippen molar-refractivity contribution >= 4 is 27.2 Å². The number of benzene rings is 2. The second-order valence-corrected chi connectivity index (χ2v) is 5.19. The molecule has 0 saturated heterocycles. The summed E-state index contributed by atoms with van der Waals surface area (Å²) in [4.78, 5) is 11.3. The third kappa shape index (κ3) is 1.85. The van der Waals surface area contributed by atoms with Crippen LogP contribution >= 0.6 is 11.3 Å². The third-order valence-corrected chi connectivity index (χ3v) is 4.05. The minimum absolute atomic E-state index is 0.108. The van der Waals surface area contributed by atoms with Gasteiger partial charge in [-0.2, -0.15) is 0 Å². The van der Waals surface area contributed by atoms with E-state index in [2.05, 4.69) is 29.6 Å². The second-order valence-electron chi connectivity index (χ2n) is 4.28. The summed E-state index contributed by atoms with van der Waals surface area (Å²) < 4.78 is 1.29. The van der Waals surface area contributed by atoms with E-state index in [4.69, 9.17) is 0 Å². The van der Waals surface area contributed by atoms with E-state index in [1.165, 1.54) is 15.6 Å². The van der Waals surface area contributed by atoms with Gasteiger partial charge in [0.15, 0.2) is 5.78 Å². The minimum Gasteiger partial charge on any atom is -0.295 e. The van der Waals surface area contributed by atoms with Crippen LogP contribution in [-0.2, 0) is 0 Å². The van der Waals surface area contributed by atoms with Gasteiger partial charge in [-0.25, -0.2) is 0 Å². The Kier molecular flexibility index (Phi) is 2.73. The van der Waals surface area contributed by atoms with E-state index in [1.54, 1.807) is 18.3 Å². The van der Waals surface area contributed by atoms with Crippen molar-refractivity contribution in [3.8, 4) is 11.1 Å². The van der Waals surface area contributed by atoms with Crippen molar-refractivity contribution in [2.45, 2.75) is 6.92 Å². The van der Waals surface area contributed by atoms with Gasteiger partial charge in [-0.3, -0.25) is 4.79 Å². The molecule has 0 bridgehead atoms. The number of ketones is 1. The van der Waals surface area contributed by atoms with Crippen LogP contribution in [0.5, 0.6) is 0 Å². The van der Waals surface area contributed by atoms with Gasteiger partial charge in [-0.1, -0.05) is 42.5 Å². The van der Waals surface area contributed by atoms with Crippen LogP contribution in [0.2, 0.25) is 0 Å². The first-order valence-corrected chi connectivity index (χ1v) is 6.71. The fourth-order valence-electron chi connectivity index (χ4n) is 2.09. The molecule has 18 heavy (non-hydrogen) atoms. The van der Waals surface area contributed by atoms with Gasteiger partial charge in [0.1, 0.15) is 0 Å². The standard InChI is InChI=1S/C16H12OS/c1-11(17)12-6-8-13(9-7-12)15-10-18-16-5-3-2-4-14(15)16/h2-10H,1H3. The highest BCUT2D eigenvalue weighted by molar-refractivity contribution is 7.17. The molecular weight excluding hydrogens is 240 g/mol. The number of rotatable bonds is 2. The molecule has 3 rings (SSSR count). The molecular formula is C16H12OS. The smallest absolute Gasteiger partial charge is 0.159 e. The zero-order valence-electron chi connectivity index (χ0n) is 10.0. The number of thiophene rings is 1. The van der Waals surface area contributed by atoms with E-state index in [1.807, 2.05) is 24.3 Å². The summed E-state index contributed by atoms with van der Waals surface area (Å²) in [6.45, 7) is 1.59. The highest BCUT2D eigenvalue weighted by Crippen LogP contribution is 2.33. The van der Waals surface area contributed by atoms with Gasteiger partial charge in [0.25, 0.3) is 0 Å². The second kappa shape index (κ2) is 4.39. The highest BCUT2D eigenvalue weighted by Gasteiger charge is 2.06. The van der Waals surface area contributed by atoms with Gasteiger partial charge in [0.2, 0.25) is 0 Å². The van der Waals surface area contributed by atoms with Crippen LogP contribution in [-0.4, -0.2) is 5.78 Å². The maximum absolute atomic E-state index is 11.3. The maximum Gasteiger partial charge on any atom is 0.159 e. The van der Waals surface area contributed by atoms with E-state index < -0.39 is 0 Å². The van der Waals surface area contributed by atoms with Crippen LogP contribution < -0.4 is 0 Å². The molecule has 2 heteroatoms. The van der Waals surface area contributed by atoms with Crippen molar-refractivity contribution < 1.29 is 4.79 Å². The first-order chi connectivity index (χ1) is 8.75. The number of carbonyl (C=O) groups is 1. The number of hydrogen-bond donors (Lipinski definition) is 0. The van der Waals surface area contributed by atoms with Crippen molar-refractivity contribution in [1.29, 1.82) is 0 Å².